The molecule has 2 aromatic rings. The quantitative estimate of drug-likeness (QED) is 0.937. The van der Waals surface area contributed by atoms with Crippen molar-refractivity contribution in [3.05, 3.63) is 40.6 Å². The lowest BCUT2D eigenvalue weighted by atomic mass is 10.2. The van der Waals surface area contributed by atoms with Crippen molar-refractivity contribution in [2.75, 3.05) is 12.4 Å². The molecule has 0 fully saturated rings. The van der Waals surface area contributed by atoms with Crippen LogP contribution in [0.15, 0.2) is 35.1 Å². The average molecular weight is 308 g/mol. The van der Waals surface area contributed by atoms with E-state index in [-0.39, 0.29) is 0 Å². The number of hydrogen-bond acceptors (Lipinski definition) is 4. The molecular weight excluding hydrogens is 294 g/mol. The molecule has 0 aliphatic heterocycles. The van der Waals surface area contributed by atoms with Crippen molar-refractivity contribution < 1.29 is 4.74 Å². The number of nitrogens with zero attached hydrogens (tertiary/aromatic N) is 2. The van der Waals surface area contributed by atoms with Crippen molar-refractivity contribution in [2.24, 2.45) is 0 Å². The SMILES string of the molecule is CCc1c(NC)ncnc1Oc1ccc(Br)cc1. The summed E-state index contributed by atoms with van der Waals surface area (Å²) in [6.45, 7) is 2.05. The molecule has 0 aliphatic rings. The number of benzene rings is 1. The van der Waals surface area contributed by atoms with Crippen molar-refractivity contribution in [3.8, 4) is 11.6 Å². The summed E-state index contributed by atoms with van der Waals surface area (Å²) in [6, 6.07) is 7.65. The first-order chi connectivity index (χ1) is 8.74. The van der Waals surface area contributed by atoms with Crippen LogP contribution in [0.1, 0.15) is 12.5 Å². The van der Waals surface area contributed by atoms with Gasteiger partial charge in [-0.25, -0.2) is 9.97 Å². The predicted molar refractivity (Wildman–Crippen MR) is 75.2 cm³/mol. The topological polar surface area (TPSA) is 47.0 Å². The zero-order valence-corrected chi connectivity index (χ0v) is 11.9. The van der Waals surface area contributed by atoms with Crippen molar-refractivity contribution in [1.82, 2.24) is 9.97 Å². The van der Waals surface area contributed by atoms with Crippen LogP contribution in [0.4, 0.5) is 5.82 Å². The van der Waals surface area contributed by atoms with Crippen LogP contribution < -0.4 is 10.1 Å². The van der Waals surface area contributed by atoms with Crippen molar-refractivity contribution in [2.45, 2.75) is 13.3 Å². The minimum Gasteiger partial charge on any atom is -0.439 e. The number of aromatic nitrogens is 2. The lowest BCUT2D eigenvalue weighted by Crippen LogP contribution is -2.02. The molecule has 2 rings (SSSR count). The number of hydrogen-bond donors (Lipinski definition) is 1. The number of anilines is 1. The summed E-state index contributed by atoms with van der Waals surface area (Å²) in [5.41, 5.74) is 0.975. The van der Waals surface area contributed by atoms with Crippen LogP contribution in [0.25, 0.3) is 0 Å². The third kappa shape index (κ3) is 2.79. The van der Waals surface area contributed by atoms with Gasteiger partial charge in [-0.3, -0.25) is 0 Å². The highest BCUT2D eigenvalue weighted by atomic mass is 79.9. The van der Waals surface area contributed by atoms with E-state index in [1.807, 2.05) is 38.2 Å². The Bertz CT molecular complexity index is 528. The Labute approximate surface area is 115 Å². The van der Waals surface area contributed by atoms with Gasteiger partial charge in [0.15, 0.2) is 0 Å². The summed E-state index contributed by atoms with van der Waals surface area (Å²) in [6.07, 6.45) is 2.31. The molecule has 94 valence electrons. The molecule has 18 heavy (non-hydrogen) atoms. The average Bonchev–Trinajstić information content (AvgIpc) is 2.41. The summed E-state index contributed by atoms with van der Waals surface area (Å²) in [4.78, 5) is 8.37. The van der Waals surface area contributed by atoms with E-state index in [0.29, 0.717) is 5.88 Å². The highest BCUT2D eigenvalue weighted by molar-refractivity contribution is 9.10. The Hall–Kier alpha value is -1.62. The molecular formula is C13H14BrN3O. The van der Waals surface area contributed by atoms with Gasteiger partial charge < -0.3 is 10.1 Å². The van der Waals surface area contributed by atoms with Gasteiger partial charge in [-0.05, 0) is 30.7 Å². The van der Waals surface area contributed by atoms with Crippen LogP contribution in [0.5, 0.6) is 11.6 Å². The normalized spacial score (nSPS) is 10.2. The van der Waals surface area contributed by atoms with Gasteiger partial charge in [-0.2, -0.15) is 0 Å². The summed E-state index contributed by atoms with van der Waals surface area (Å²) in [5.74, 6) is 2.16. The smallest absolute Gasteiger partial charge is 0.227 e. The largest absolute Gasteiger partial charge is 0.439 e. The molecule has 1 N–H and O–H groups in total. The minimum atomic E-state index is 0.596. The van der Waals surface area contributed by atoms with Crippen molar-refractivity contribution in [1.29, 1.82) is 0 Å². The molecule has 5 heteroatoms. The number of rotatable bonds is 4. The van der Waals surface area contributed by atoms with E-state index in [9.17, 15) is 0 Å². The van der Waals surface area contributed by atoms with E-state index in [0.717, 1.165) is 28.0 Å². The van der Waals surface area contributed by atoms with Crippen molar-refractivity contribution in [3.63, 3.8) is 0 Å². The second kappa shape index (κ2) is 5.82. The fraction of sp³-hybridized carbons (Fsp3) is 0.231. The fourth-order valence-electron chi connectivity index (χ4n) is 1.63. The number of nitrogens with one attached hydrogen (secondary N) is 1. The molecule has 4 nitrogen and oxygen atoms in total. The highest BCUT2D eigenvalue weighted by Crippen LogP contribution is 2.27. The van der Waals surface area contributed by atoms with Gasteiger partial charge in [0.1, 0.15) is 17.9 Å². The standard InChI is InChI=1S/C13H14BrN3O/c1-3-11-12(15-2)16-8-17-13(11)18-10-6-4-9(14)5-7-10/h4-8H,3H2,1-2H3,(H,15,16,17). The van der Waals surface area contributed by atoms with Gasteiger partial charge in [0, 0.05) is 11.5 Å². The van der Waals surface area contributed by atoms with Crippen molar-refractivity contribution >= 4 is 21.7 Å². The second-order valence-electron chi connectivity index (χ2n) is 3.67. The zero-order chi connectivity index (χ0) is 13.0. The monoisotopic (exact) mass is 307 g/mol. The number of halogens is 1. The first-order valence-electron chi connectivity index (χ1n) is 5.69. The Kier molecular flexibility index (Phi) is 4.15. The summed E-state index contributed by atoms with van der Waals surface area (Å²) in [7, 11) is 1.84. The molecule has 0 aliphatic carbocycles. The Morgan fingerprint density at radius 1 is 1.22 bits per heavy atom. The van der Waals surface area contributed by atoms with E-state index in [1.54, 1.807) is 0 Å². The van der Waals surface area contributed by atoms with E-state index in [2.05, 4.69) is 31.2 Å². The molecule has 1 aromatic carbocycles. The third-order valence-corrected chi connectivity index (χ3v) is 3.05. The highest BCUT2D eigenvalue weighted by Gasteiger charge is 2.10. The Balaban J connectivity index is 2.31. The van der Waals surface area contributed by atoms with Gasteiger partial charge >= 0.3 is 0 Å². The maximum atomic E-state index is 5.79. The summed E-state index contributed by atoms with van der Waals surface area (Å²) in [5, 5.41) is 3.04. The lowest BCUT2D eigenvalue weighted by Gasteiger charge is -2.11. The molecule has 0 spiro atoms. The second-order valence-corrected chi connectivity index (χ2v) is 4.58. The third-order valence-electron chi connectivity index (χ3n) is 2.52. The fourth-order valence-corrected chi connectivity index (χ4v) is 1.90. The molecule has 0 amide bonds. The molecule has 0 atom stereocenters. The molecule has 0 unspecified atom stereocenters. The van der Waals surface area contributed by atoms with Gasteiger partial charge in [0.05, 0.1) is 5.56 Å². The first-order valence-corrected chi connectivity index (χ1v) is 6.49. The molecule has 0 bridgehead atoms. The predicted octanol–water partition coefficient (Wildman–Crippen LogP) is 3.64. The Morgan fingerprint density at radius 2 is 1.94 bits per heavy atom. The molecule has 1 heterocycles. The van der Waals surface area contributed by atoms with E-state index < -0.39 is 0 Å². The number of ether oxygens (including phenoxy) is 1. The maximum Gasteiger partial charge on any atom is 0.227 e. The molecule has 0 radical (unpaired) electrons. The van der Waals surface area contributed by atoms with Crippen LogP contribution in [0.3, 0.4) is 0 Å². The van der Waals surface area contributed by atoms with Crippen LogP contribution in [0, 0.1) is 0 Å². The zero-order valence-electron chi connectivity index (χ0n) is 10.3. The maximum absolute atomic E-state index is 5.79. The first kappa shape index (κ1) is 12.8. The summed E-state index contributed by atoms with van der Waals surface area (Å²) < 4.78 is 6.80. The van der Waals surface area contributed by atoms with E-state index in [4.69, 9.17) is 4.74 Å². The van der Waals surface area contributed by atoms with E-state index >= 15 is 0 Å². The van der Waals surface area contributed by atoms with Crippen LogP contribution >= 0.6 is 15.9 Å². The molecule has 0 saturated heterocycles. The van der Waals surface area contributed by atoms with Gasteiger partial charge in [-0.15, -0.1) is 0 Å². The van der Waals surface area contributed by atoms with Gasteiger partial charge in [0.2, 0.25) is 5.88 Å². The van der Waals surface area contributed by atoms with Crippen LogP contribution in [-0.2, 0) is 6.42 Å². The molecule has 1 aromatic heterocycles. The van der Waals surface area contributed by atoms with Gasteiger partial charge in [-0.1, -0.05) is 22.9 Å². The lowest BCUT2D eigenvalue weighted by molar-refractivity contribution is 0.455. The van der Waals surface area contributed by atoms with Gasteiger partial charge in [0.25, 0.3) is 0 Å². The van der Waals surface area contributed by atoms with Crippen LogP contribution in [0.2, 0.25) is 0 Å². The van der Waals surface area contributed by atoms with E-state index in [1.165, 1.54) is 6.33 Å². The Morgan fingerprint density at radius 3 is 2.56 bits per heavy atom. The summed E-state index contributed by atoms with van der Waals surface area (Å²) >= 11 is 3.39. The molecule has 0 saturated carbocycles. The van der Waals surface area contributed by atoms with Crippen LogP contribution in [-0.4, -0.2) is 17.0 Å². The minimum absolute atomic E-state index is 0.596.